The molecule has 1 aliphatic rings. The van der Waals surface area contributed by atoms with E-state index < -0.39 is 0 Å². The van der Waals surface area contributed by atoms with Crippen molar-refractivity contribution in [1.29, 1.82) is 0 Å². The number of rotatable bonds is 4. The molecule has 0 aliphatic heterocycles. The lowest BCUT2D eigenvalue weighted by Crippen LogP contribution is -2.24. The Balaban J connectivity index is 1.58. The van der Waals surface area contributed by atoms with Gasteiger partial charge in [-0.1, -0.05) is 37.5 Å². The van der Waals surface area contributed by atoms with Gasteiger partial charge in [0.15, 0.2) is 5.88 Å². The number of aromatic amines is 2. The van der Waals surface area contributed by atoms with Gasteiger partial charge in [-0.25, -0.2) is 0 Å². The molecule has 2 aromatic carbocycles. The van der Waals surface area contributed by atoms with Gasteiger partial charge in [0.1, 0.15) is 5.69 Å². The van der Waals surface area contributed by atoms with Crippen LogP contribution in [-0.4, -0.2) is 21.0 Å². The molecule has 4 N–H and O–H groups in total. The van der Waals surface area contributed by atoms with Crippen LogP contribution in [0.3, 0.4) is 0 Å². The maximum absolute atomic E-state index is 12.7. The summed E-state index contributed by atoms with van der Waals surface area (Å²) in [6.07, 6.45) is 5.23. The number of anilines is 1. The number of nitrogens with one attached hydrogen (secondary N) is 3. The zero-order valence-corrected chi connectivity index (χ0v) is 16.4. The first kappa shape index (κ1) is 18.4. The molecule has 7 nitrogen and oxygen atoms in total. The SMILES string of the molecule is O=Nc1c(-c2c(O)[nH]c3ccc(NC(=O)C4CCCCC4)cc23)[nH]c2ccccc12. The molecule has 0 spiro atoms. The van der Waals surface area contributed by atoms with E-state index in [2.05, 4.69) is 20.5 Å². The Morgan fingerprint density at radius 3 is 2.57 bits per heavy atom. The second-order valence-electron chi connectivity index (χ2n) is 7.92. The van der Waals surface area contributed by atoms with Crippen molar-refractivity contribution in [2.24, 2.45) is 11.1 Å². The molecule has 152 valence electrons. The van der Waals surface area contributed by atoms with Gasteiger partial charge in [0.2, 0.25) is 5.91 Å². The van der Waals surface area contributed by atoms with Crippen LogP contribution < -0.4 is 5.32 Å². The second kappa shape index (κ2) is 7.33. The number of fused-ring (bicyclic) bond motifs is 2. The molecule has 7 heteroatoms. The minimum Gasteiger partial charge on any atom is -0.494 e. The maximum atomic E-state index is 12.7. The van der Waals surface area contributed by atoms with Crippen molar-refractivity contribution in [3.63, 3.8) is 0 Å². The Bertz CT molecular complexity index is 1260. The van der Waals surface area contributed by atoms with E-state index in [1.807, 2.05) is 42.5 Å². The molecule has 2 heterocycles. The number of amides is 1. The predicted octanol–water partition coefficient (Wildman–Crippen LogP) is 5.94. The molecule has 0 saturated heterocycles. The number of H-pyrrole nitrogens is 2. The maximum Gasteiger partial charge on any atom is 0.227 e. The van der Waals surface area contributed by atoms with Gasteiger partial charge in [0, 0.05) is 33.4 Å². The van der Waals surface area contributed by atoms with Crippen molar-refractivity contribution >= 4 is 39.1 Å². The second-order valence-corrected chi connectivity index (χ2v) is 7.92. The molecule has 2 aromatic heterocycles. The number of aromatic nitrogens is 2. The number of carbonyl (C=O) groups is 1. The predicted molar refractivity (Wildman–Crippen MR) is 118 cm³/mol. The molecule has 0 atom stereocenters. The van der Waals surface area contributed by atoms with E-state index in [1.165, 1.54) is 6.42 Å². The van der Waals surface area contributed by atoms with Crippen LogP contribution in [0, 0.1) is 10.8 Å². The monoisotopic (exact) mass is 402 g/mol. The molecule has 4 aromatic rings. The fraction of sp³-hybridized carbons (Fsp3) is 0.261. The molecule has 0 unspecified atom stereocenters. The summed E-state index contributed by atoms with van der Waals surface area (Å²) in [5, 5.41) is 18.2. The highest BCUT2D eigenvalue weighted by molar-refractivity contribution is 6.08. The summed E-state index contributed by atoms with van der Waals surface area (Å²) < 4.78 is 0. The van der Waals surface area contributed by atoms with Crippen LogP contribution >= 0.6 is 0 Å². The van der Waals surface area contributed by atoms with Crippen LogP contribution in [0.4, 0.5) is 11.4 Å². The average Bonchev–Trinajstić information content (AvgIpc) is 3.29. The summed E-state index contributed by atoms with van der Waals surface area (Å²) >= 11 is 0. The van der Waals surface area contributed by atoms with E-state index in [1.54, 1.807) is 0 Å². The van der Waals surface area contributed by atoms with Crippen LogP contribution in [0.5, 0.6) is 5.88 Å². The molecule has 5 rings (SSSR count). The van der Waals surface area contributed by atoms with E-state index in [0.717, 1.165) is 31.2 Å². The quantitative estimate of drug-likeness (QED) is 0.317. The fourth-order valence-electron chi connectivity index (χ4n) is 4.52. The zero-order valence-electron chi connectivity index (χ0n) is 16.4. The van der Waals surface area contributed by atoms with Crippen molar-refractivity contribution in [3.8, 4) is 17.1 Å². The molecular weight excluding hydrogens is 380 g/mol. The highest BCUT2D eigenvalue weighted by atomic mass is 16.3. The third kappa shape index (κ3) is 3.03. The van der Waals surface area contributed by atoms with Gasteiger partial charge in [-0.15, -0.1) is 4.91 Å². The standard InChI is InChI=1S/C23H22N4O3/c28-22(13-6-2-1-3-7-13)24-14-10-11-18-16(12-14)19(23(29)26-18)21-20(27-30)15-8-4-5-9-17(15)25-21/h4-5,8-13,25-26,29H,1-3,6-7H2,(H,24,28). The Labute approximate surface area is 172 Å². The number of benzene rings is 2. The average molecular weight is 402 g/mol. The topological polar surface area (TPSA) is 110 Å². The van der Waals surface area contributed by atoms with Crippen LogP contribution in [0.2, 0.25) is 0 Å². The van der Waals surface area contributed by atoms with Crippen molar-refractivity contribution < 1.29 is 9.90 Å². The summed E-state index contributed by atoms with van der Waals surface area (Å²) in [7, 11) is 0. The molecular formula is C23H22N4O3. The summed E-state index contributed by atoms with van der Waals surface area (Å²) in [4.78, 5) is 30.4. The van der Waals surface area contributed by atoms with Crippen LogP contribution in [0.25, 0.3) is 33.1 Å². The van der Waals surface area contributed by atoms with E-state index in [9.17, 15) is 14.8 Å². The summed E-state index contributed by atoms with van der Waals surface area (Å²) in [5.41, 5.74) is 3.29. The van der Waals surface area contributed by atoms with Gasteiger partial charge in [0.25, 0.3) is 0 Å². The number of nitroso groups, excluding NO2 is 1. The number of carbonyl (C=O) groups excluding carboxylic acids is 1. The first-order valence-corrected chi connectivity index (χ1v) is 10.3. The van der Waals surface area contributed by atoms with Crippen LogP contribution in [0.1, 0.15) is 32.1 Å². The van der Waals surface area contributed by atoms with E-state index >= 15 is 0 Å². The van der Waals surface area contributed by atoms with Gasteiger partial charge < -0.3 is 20.4 Å². The lowest BCUT2D eigenvalue weighted by Gasteiger charge is -2.20. The molecule has 1 aliphatic carbocycles. The van der Waals surface area contributed by atoms with E-state index in [-0.39, 0.29) is 23.4 Å². The zero-order chi connectivity index (χ0) is 20.7. The Morgan fingerprint density at radius 2 is 1.77 bits per heavy atom. The summed E-state index contributed by atoms with van der Waals surface area (Å²) in [5.74, 6) is 0.0292. The lowest BCUT2D eigenvalue weighted by atomic mass is 9.88. The van der Waals surface area contributed by atoms with Crippen molar-refractivity contribution in [2.45, 2.75) is 32.1 Å². The Morgan fingerprint density at radius 1 is 1.00 bits per heavy atom. The Hall–Kier alpha value is -3.61. The molecule has 30 heavy (non-hydrogen) atoms. The number of nitrogens with zero attached hydrogens (tertiary/aromatic N) is 1. The minimum absolute atomic E-state index is 0.0382. The van der Waals surface area contributed by atoms with Gasteiger partial charge in [0.05, 0.1) is 11.3 Å². The normalized spacial score (nSPS) is 14.9. The van der Waals surface area contributed by atoms with Crippen molar-refractivity contribution in [3.05, 3.63) is 47.4 Å². The smallest absolute Gasteiger partial charge is 0.227 e. The number of para-hydroxylation sites is 1. The van der Waals surface area contributed by atoms with Crippen LogP contribution in [-0.2, 0) is 4.79 Å². The van der Waals surface area contributed by atoms with Gasteiger partial charge in [-0.2, -0.15) is 0 Å². The lowest BCUT2D eigenvalue weighted by molar-refractivity contribution is -0.120. The van der Waals surface area contributed by atoms with Gasteiger partial charge >= 0.3 is 0 Å². The highest BCUT2D eigenvalue weighted by Crippen LogP contribution is 2.44. The third-order valence-electron chi connectivity index (χ3n) is 6.04. The minimum atomic E-state index is -0.0581. The molecule has 1 fully saturated rings. The molecule has 1 amide bonds. The Kier molecular flexibility index (Phi) is 4.50. The number of hydrogen-bond acceptors (Lipinski definition) is 4. The fourth-order valence-corrected chi connectivity index (χ4v) is 4.52. The molecule has 0 radical (unpaired) electrons. The largest absolute Gasteiger partial charge is 0.494 e. The van der Waals surface area contributed by atoms with E-state index in [4.69, 9.17) is 0 Å². The van der Waals surface area contributed by atoms with Crippen molar-refractivity contribution in [2.75, 3.05) is 5.32 Å². The summed E-state index contributed by atoms with van der Waals surface area (Å²) in [6.45, 7) is 0. The third-order valence-corrected chi connectivity index (χ3v) is 6.04. The van der Waals surface area contributed by atoms with Gasteiger partial charge in [-0.05, 0) is 42.3 Å². The number of hydrogen-bond donors (Lipinski definition) is 4. The first-order chi connectivity index (χ1) is 14.7. The van der Waals surface area contributed by atoms with E-state index in [0.29, 0.717) is 33.2 Å². The first-order valence-electron chi connectivity index (χ1n) is 10.3. The van der Waals surface area contributed by atoms with Gasteiger partial charge in [-0.3, -0.25) is 4.79 Å². The van der Waals surface area contributed by atoms with Crippen molar-refractivity contribution in [1.82, 2.24) is 9.97 Å². The summed E-state index contributed by atoms with van der Waals surface area (Å²) in [6, 6.07) is 12.8. The number of aromatic hydroxyl groups is 1. The molecule has 1 saturated carbocycles. The van der Waals surface area contributed by atoms with Crippen LogP contribution in [0.15, 0.2) is 47.6 Å². The highest BCUT2D eigenvalue weighted by Gasteiger charge is 2.23. The molecule has 0 bridgehead atoms.